The van der Waals surface area contributed by atoms with Gasteiger partial charge in [-0.3, -0.25) is 0 Å². The standard InChI is InChI=1S/C20H29N5/c1-4-23-11-13-25(14-12-23)20-15-19(21-17(3)22-20)24(5-2)16-18-9-7-6-8-10-18/h6-10,15H,4-5,11-14,16H2,1-3H3. The molecule has 0 unspecified atom stereocenters. The molecule has 0 atom stereocenters. The Kier molecular flexibility index (Phi) is 5.87. The van der Waals surface area contributed by atoms with Gasteiger partial charge in [-0.1, -0.05) is 37.3 Å². The molecular weight excluding hydrogens is 310 g/mol. The van der Waals surface area contributed by atoms with E-state index in [4.69, 9.17) is 9.97 Å². The Bertz CT molecular complexity index is 665. The summed E-state index contributed by atoms with van der Waals surface area (Å²) in [5.41, 5.74) is 1.30. The highest BCUT2D eigenvalue weighted by molar-refractivity contribution is 5.51. The number of benzene rings is 1. The van der Waals surface area contributed by atoms with Gasteiger partial charge in [0.1, 0.15) is 17.5 Å². The molecule has 1 saturated heterocycles. The Labute approximate surface area is 151 Å². The molecule has 0 bridgehead atoms. The molecule has 0 saturated carbocycles. The van der Waals surface area contributed by atoms with E-state index in [1.807, 2.05) is 6.92 Å². The Morgan fingerprint density at radius 2 is 1.72 bits per heavy atom. The zero-order valence-corrected chi connectivity index (χ0v) is 15.6. The normalized spacial score (nSPS) is 15.4. The third kappa shape index (κ3) is 4.48. The topological polar surface area (TPSA) is 35.5 Å². The minimum Gasteiger partial charge on any atom is -0.354 e. The van der Waals surface area contributed by atoms with Gasteiger partial charge in [0.05, 0.1) is 0 Å². The first-order valence-corrected chi connectivity index (χ1v) is 9.31. The molecular formula is C20H29N5. The van der Waals surface area contributed by atoms with Gasteiger partial charge < -0.3 is 14.7 Å². The van der Waals surface area contributed by atoms with Crippen molar-refractivity contribution in [2.45, 2.75) is 27.3 Å². The van der Waals surface area contributed by atoms with Gasteiger partial charge in [0.25, 0.3) is 0 Å². The molecule has 0 aliphatic carbocycles. The van der Waals surface area contributed by atoms with Gasteiger partial charge in [-0.25, -0.2) is 9.97 Å². The second-order valence-corrected chi connectivity index (χ2v) is 6.55. The van der Waals surface area contributed by atoms with Crippen molar-refractivity contribution in [1.29, 1.82) is 0 Å². The molecule has 25 heavy (non-hydrogen) atoms. The van der Waals surface area contributed by atoms with E-state index in [1.54, 1.807) is 0 Å². The average molecular weight is 339 g/mol. The maximum Gasteiger partial charge on any atom is 0.134 e. The predicted molar refractivity (Wildman–Crippen MR) is 104 cm³/mol. The first-order valence-electron chi connectivity index (χ1n) is 9.31. The second-order valence-electron chi connectivity index (χ2n) is 6.55. The van der Waals surface area contributed by atoms with Crippen LogP contribution < -0.4 is 9.80 Å². The molecule has 2 aromatic rings. The highest BCUT2D eigenvalue weighted by atomic mass is 15.3. The van der Waals surface area contributed by atoms with Crippen molar-refractivity contribution in [2.75, 3.05) is 49.1 Å². The quantitative estimate of drug-likeness (QED) is 0.808. The van der Waals surface area contributed by atoms with Crippen molar-refractivity contribution in [3.63, 3.8) is 0 Å². The fourth-order valence-corrected chi connectivity index (χ4v) is 3.31. The molecule has 1 aliphatic heterocycles. The number of hydrogen-bond acceptors (Lipinski definition) is 5. The molecule has 134 valence electrons. The number of anilines is 2. The molecule has 1 aromatic heterocycles. The number of likely N-dealkylation sites (N-methyl/N-ethyl adjacent to an activating group) is 1. The lowest BCUT2D eigenvalue weighted by Gasteiger charge is -2.35. The van der Waals surface area contributed by atoms with Gasteiger partial charge in [-0.05, 0) is 26.0 Å². The van der Waals surface area contributed by atoms with E-state index in [1.165, 1.54) is 5.56 Å². The summed E-state index contributed by atoms with van der Waals surface area (Å²) < 4.78 is 0. The fourth-order valence-electron chi connectivity index (χ4n) is 3.31. The van der Waals surface area contributed by atoms with Crippen molar-refractivity contribution in [2.24, 2.45) is 0 Å². The summed E-state index contributed by atoms with van der Waals surface area (Å²) in [6.45, 7) is 13.6. The third-order valence-corrected chi connectivity index (χ3v) is 4.88. The molecule has 3 rings (SSSR count). The van der Waals surface area contributed by atoms with E-state index >= 15 is 0 Å². The first-order chi connectivity index (χ1) is 12.2. The summed E-state index contributed by atoms with van der Waals surface area (Å²) in [6, 6.07) is 12.7. The Balaban J connectivity index is 1.78. The monoisotopic (exact) mass is 339 g/mol. The highest BCUT2D eigenvalue weighted by Gasteiger charge is 2.19. The van der Waals surface area contributed by atoms with E-state index in [-0.39, 0.29) is 0 Å². The maximum atomic E-state index is 4.70. The van der Waals surface area contributed by atoms with Crippen LogP contribution in [0.15, 0.2) is 36.4 Å². The van der Waals surface area contributed by atoms with E-state index in [0.29, 0.717) is 0 Å². The summed E-state index contributed by atoms with van der Waals surface area (Å²) in [6.07, 6.45) is 0. The van der Waals surface area contributed by atoms with Crippen LogP contribution in [0.2, 0.25) is 0 Å². The zero-order valence-electron chi connectivity index (χ0n) is 15.6. The molecule has 0 N–H and O–H groups in total. The van der Waals surface area contributed by atoms with E-state index in [9.17, 15) is 0 Å². The van der Waals surface area contributed by atoms with Crippen LogP contribution in [-0.4, -0.2) is 54.1 Å². The van der Waals surface area contributed by atoms with Crippen molar-refractivity contribution in [1.82, 2.24) is 14.9 Å². The number of aryl methyl sites for hydroxylation is 1. The molecule has 5 nitrogen and oxygen atoms in total. The van der Waals surface area contributed by atoms with E-state index in [0.717, 1.165) is 63.3 Å². The van der Waals surface area contributed by atoms with Gasteiger partial charge >= 0.3 is 0 Å². The minimum atomic E-state index is 0.844. The second kappa shape index (κ2) is 8.30. The molecule has 0 radical (unpaired) electrons. The molecule has 5 heteroatoms. The van der Waals surface area contributed by atoms with Gasteiger partial charge in [-0.2, -0.15) is 0 Å². The predicted octanol–water partition coefficient (Wildman–Crippen LogP) is 2.95. The van der Waals surface area contributed by atoms with E-state index < -0.39 is 0 Å². The van der Waals surface area contributed by atoms with Gasteiger partial charge in [0, 0.05) is 45.3 Å². The number of nitrogens with zero attached hydrogens (tertiary/aromatic N) is 5. The van der Waals surface area contributed by atoms with Crippen LogP contribution in [0.1, 0.15) is 25.2 Å². The molecule has 0 spiro atoms. The molecule has 1 aliphatic rings. The Hall–Kier alpha value is -2.14. The summed E-state index contributed by atoms with van der Waals surface area (Å²) in [5.74, 6) is 2.92. The number of piperazine rings is 1. The minimum absolute atomic E-state index is 0.844. The van der Waals surface area contributed by atoms with Crippen LogP contribution in [-0.2, 0) is 6.54 Å². The first kappa shape index (κ1) is 17.7. The van der Waals surface area contributed by atoms with Crippen molar-refractivity contribution in [3.05, 3.63) is 47.8 Å². The average Bonchev–Trinajstić information content (AvgIpc) is 2.66. The third-order valence-electron chi connectivity index (χ3n) is 4.88. The van der Waals surface area contributed by atoms with Gasteiger partial charge in [0.15, 0.2) is 0 Å². The number of rotatable bonds is 6. The van der Waals surface area contributed by atoms with Crippen LogP contribution in [0.25, 0.3) is 0 Å². The highest BCUT2D eigenvalue weighted by Crippen LogP contribution is 2.22. The largest absolute Gasteiger partial charge is 0.354 e. The van der Waals surface area contributed by atoms with Crippen LogP contribution in [0, 0.1) is 6.92 Å². The lowest BCUT2D eigenvalue weighted by atomic mass is 10.2. The van der Waals surface area contributed by atoms with E-state index in [2.05, 4.69) is 64.9 Å². The van der Waals surface area contributed by atoms with Crippen LogP contribution >= 0.6 is 0 Å². The van der Waals surface area contributed by atoms with Crippen LogP contribution in [0.5, 0.6) is 0 Å². The molecule has 1 fully saturated rings. The Morgan fingerprint density at radius 1 is 1.00 bits per heavy atom. The SMILES string of the molecule is CCN1CCN(c2cc(N(CC)Cc3ccccc3)nc(C)n2)CC1. The van der Waals surface area contributed by atoms with Crippen LogP contribution in [0.4, 0.5) is 11.6 Å². The summed E-state index contributed by atoms with van der Waals surface area (Å²) in [4.78, 5) is 16.6. The van der Waals surface area contributed by atoms with Gasteiger partial charge in [-0.15, -0.1) is 0 Å². The smallest absolute Gasteiger partial charge is 0.134 e. The van der Waals surface area contributed by atoms with Crippen molar-refractivity contribution in [3.8, 4) is 0 Å². The zero-order chi connectivity index (χ0) is 17.6. The fraction of sp³-hybridized carbons (Fsp3) is 0.500. The molecule has 2 heterocycles. The summed E-state index contributed by atoms with van der Waals surface area (Å²) in [5, 5.41) is 0. The lowest BCUT2D eigenvalue weighted by Crippen LogP contribution is -2.46. The Morgan fingerprint density at radius 3 is 2.36 bits per heavy atom. The number of hydrogen-bond donors (Lipinski definition) is 0. The molecule has 1 aromatic carbocycles. The van der Waals surface area contributed by atoms with Crippen LogP contribution in [0.3, 0.4) is 0 Å². The van der Waals surface area contributed by atoms with Crippen molar-refractivity contribution < 1.29 is 0 Å². The molecule has 0 amide bonds. The summed E-state index contributed by atoms with van der Waals surface area (Å²) >= 11 is 0. The summed E-state index contributed by atoms with van der Waals surface area (Å²) in [7, 11) is 0. The van der Waals surface area contributed by atoms with Gasteiger partial charge in [0.2, 0.25) is 0 Å². The van der Waals surface area contributed by atoms with Crippen molar-refractivity contribution >= 4 is 11.6 Å². The number of aromatic nitrogens is 2. The maximum absolute atomic E-state index is 4.70. The lowest BCUT2D eigenvalue weighted by molar-refractivity contribution is 0.270.